The molecule has 0 spiro atoms. The molecule has 132 valence electrons. The Bertz CT molecular complexity index is 738. The maximum absolute atomic E-state index is 12.3. The summed E-state index contributed by atoms with van der Waals surface area (Å²) in [6.07, 6.45) is 2.59. The molecule has 25 heavy (non-hydrogen) atoms. The van der Waals surface area contributed by atoms with Gasteiger partial charge in [-0.15, -0.1) is 23.5 Å². The van der Waals surface area contributed by atoms with Gasteiger partial charge in [0.2, 0.25) is 5.91 Å². The number of carbonyl (C=O) groups excluding carboxylic acids is 1. The topological polar surface area (TPSA) is 29.1 Å². The monoisotopic (exact) mass is 371 g/mol. The zero-order valence-corrected chi connectivity index (χ0v) is 16.5. The fraction of sp³-hybridized carbons (Fsp3) is 0.381. The Labute approximate surface area is 159 Å². The van der Waals surface area contributed by atoms with Crippen molar-refractivity contribution in [3.63, 3.8) is 0 Å². The summed E-state index contributed by atoms with van der Waals surface area (Å²) in [7, 11) is 0. The quantitative estimate of drug-likeness (QED) is 0.726. The molecular formula is C21H25NOS2. The second-order valence-corrected chi connectivity index (χ2v) is 9.26. The van der Waals surface area contributed by atoms with E-state index in [0.717, 1.165) is 12.1 Å². The van der Waals surface area contributed by atoms with Crippen molar-refractivity contribution in [2.24, 2.45) is 0 Å². The van der Waals surface area contributed by atoms with E-state index in [4.69, 9.17) is 0 Å². The average molecular weight is 372 g/mol. The molecule has 0 unspecified atom stereocenters. The molecule has 3 rings (SSSR count). The zero-order valence-electron chi connectivity index (χ0n) is 14.9. The number of hydrogen-bond acceptors (Lipinski definition) is 3. The van der Waals surface area contributed by atoms with E-state index < -0.39 is 0 Å². The van der Waals surface area contributed by atoms with Crippen molar-refractivity contribution in [2.45, 2.75) is 37.7 Å². The van der Waals surface area contributed by atoms with Crippen molar-refractivity contribution in [3.8, 4) is 0 Å². The summed E-state index contributed by atoms with van der Waals surface area (Å²) in [4.78, 5) is 12.3. The molecule has 1 amide bonds. The number of rotatable bonds is 5. The van der Waals surface area contributed by atoms with Gasteiger partial charge in [0.1, 0.15) is 0 Å². The van der Waals surface area contributed by atoms with Crippen LogP contribution in [0.1, 0.15) is 39.7 Å². The summed E-state index contributed by atoms with van der Waals surface area (Å²) in [5.74, 6) is 2.54. The van der Waals surface area contributed by atoms with Crippen LogP contribution in [0, 0.1) is 13.8 Å². The van der Waals surface area contributed by atoms with Crippen molar-refractivity contribution in [3.05, 3.63) is 64.7 Å². The highest BCUT2D eigenvalue weighted by molar-refractivity contribution is 8.16. The first kappa shape index (κ1) is 18.4. The molecule has 1 aliphatic heterocycles. The molecule has 2 nitrogen and oxygen atoms in total. The predicted molar refractivity (Wildman–Crippen MR) is 112 cm³/mol. The summed E-state index contributed by atoms with van der Waals surface area (Å²) in [6.45, 7) is 4.21. The summed E-state index contributed by atoms with van der Waals surface area (Å²) >= 11 is 4.01. The third-order valence-corrected chi connectivity index (χ3v) is 7.40. The fourth-order valence-electron chi connectivity index (χ4n) is 3.04. The van der Waals surface area contributed by atoms with Crippen LogP contribution >= 0.6 is 23.5 Å². The molecule has 0 bridgehead atoms. The van der Waals surface area contributed by atoms with E-state index in [1.54, 1.807) is 0 Å². The van der Waals surface area contributed by atoms with E-state index in [2.05, 4.69) is 49.5 Å². The first-order chi connectivity index (χ1) is 12.1. The average Bonchev–Trinajstić information content (AvgIpc) is 2.62. The molecular weight excluding hydrogens is 346 g/mol. The number of thioether (sulfide) groups is 2. The largest absolute Gasteiger partial charge is 0.326 e. The Morgan fingerprint density at radius 3 is 2.68 bits per heavy atom. The summed E-state index contributed by atoms with van der Waals surface area (Å²) in [6, 6.07) is 14.8. The van der Waals surface area contributed by atoms with Crippen molar-refractivity contribution in [2.75, 3.05) is 16.8 Å². The van der Waals surface area contributed by atoms with Gasteiger partial charge in [0.25, 0.3) is 0 Å². The molecule has 2 aromatic rings. The number of benzene rings is 2. The van der Waals surface area contributed by atoms with E-state index >= 15 is 0 Å². The maximum atomic E-state index is 12.3. The standard InChI is InChI=1S/C21H25NOS2/c1-15-7-8-17(16(2)13-15)9-10-20(23)22-19-6-3-5-18(14-19)21-24-11-4-12-25-21/h3,5-8,13-14,21H,4,9-12H2,1-2H3,(H,22,23). The van der Waals surface area contributed by atoms with Crippen LogP contribution in [0.5, 0.6) is 0 Å². The van der Waals surface area contributed by atoms with Gasteiger partial charge >= 0.3 is 0 Å². The summed E-state index contributed by atoms with van der Waals surface area (Å²) < 4.78 is 0.501. The Morgan fingerprint density at radius 1 is 1.12 bits per heavy atom. The normalized spacial score (nSPS) is 15.1. The first-order valence-electron chi connectivity index (χ1n) is 8.81. The van der Waals surface area contributed by atoms with Crippen LogP contribution in [0.25, 0.3) is 0 Å². The number of aryl methyl sites for hydroxylation is 3. The second-order valence-electron chi connectivity index (χ2n) is 6.53. The third-order valence-electron chi connectivity index (χ3n) is 4.39. The van der Waals surface area contributed by atoms with Gasteiger partial charge in [-0.3, -0.25) is 4.79 Å². The molecule has 1 saturated heterocycles. The molecule has 4 heteroatoms. The van der Waals surface area contributed by atoms with Crippen LogP contribution < -0.4 is 5.32 Å². The van der Waals surface area contributed by atoms with Gasteiger partial charge in [-0.1, -0.05) is 35.9 Å². The van der Waals surface area contributed by atoms with Crippen LogP contribution in [-0.4, -0.2) is 17.4 Å². The number of nitrogens with one attached hydrogen (secondary N) is 1. The SMILES string of the molecule is Cc1ccc(CCC(=O)Nc2cccc(C3SCCCS3)c2)c(C)c1. The molecule has 0 atom stereocenters. The lowest BCUT2D eigenvalue weighted by atomic mass is 10.0. The van der Waals surface area contributed by atoms with Crippen molar-refractivity contribution >= 4 is 35.1 Å². The van der Waals surface area contributed by atoms with Crippen LogP contribution in [0.4, 0.5) is 5.69 Å². The molecule has 0 saturated carbocycles. The highest BCUT2D eigenvalue weighted by Crippen LogP contribution is 2.44. The Morgan fingerprint density at radius 2 is 1.92 bits per heavy atom. The molecule has 1 N–H and O–H groups in total. The van der Waals surface area contributed by atoms with Gasteiger partial charge in [0, 0.05) is 12.1 Å². The minimum Gasteiger partial charge on any atom is -0.326 e. The number of amides is 1. The van der Waals surface area contributed by atoms with Crippen molar-refractivity contribution in [1.29, 1.82) is 0 Å². The Hall–Kier alpha value is -1.39. The number of carbonyl (C=O) groups is 1. The van der Waals surface area contributed by atoms with Gasteiger partial charge < -0.3 is 5.32 Å². The van der Waals surface area contributed by atoms with Gasteiger partial charge in [-0.05, 0) is 67.0 Å². The van der Waals surface area contributed by atoms with Gasteiger partial charge in [-0.25, -0.2) is 0 Å². The van der Waals surface area contributed by atoms with Gasteiger partial charge in [0.15, 0.2) is 0 Å². The molecule has 2 aromatic carbocycles. The molecule has 1 aliphatic rings. The first-order valence-corrected chi connectivity index (χ1v) is 10.9. The molecule has 0 radical (unpaired) electrons. The van der Waals surface area contributed by atoms with Crippen LogP contribution in [0.15, 0.2) is 42.5 Å². The predicted octanol–water partition coefficient (Wildman–Crippen LogP) is 5.74. The minimum atomic E-state index is 0.0843. The lowest BCUT2D eigenvalue weighted by molar-refractivity contribution is -0.116. The van der Waals surface area contributed by atoms with E-state index in [1.807, 2.05) is 35.7 Å². The highest BCUT2D eigenvalue weighted by atomic mass is 32.2. The Balaban J connectivity index is 1.57. The zero-order chi connectivity index (χ0) is 17.6. The Kier molecular flexibility index (Phi) is 6.49. The van der Waals surface area contributed by atoms with Crippen LogP contribution in [0.3, 0.4) is 0 Å². The molecule has 1 heterocycles. The maximum Gasteiger partial charge on any atom is 0.224 e. The van der Waals surface area contributed by atoms with E-state index in [-0.39, 0.29) is 5.91 Å². The summed E-state index contributed by atoms with van der Waals surface area (Å²) in [5.41, 5.74) is 6.00. The van der Waals surface area contributed by atoms with Gasteiger partial charge in [0.05, 0.1) is 4.58 Å². The lowest BCUT2D eigenvalue weighted by Gasteiger charge is -2.21. The van der Waals surface area contributed by atoms with E-state index in [1.165, 1.54) is 40.2 Å². The van der Waals surface area contributed by atoms with Crippen LogP contribution in [0.2, 0.25) is 0 Å². The minimum absolute atomic E-state index is 0.0843. The van der Waals surface area contributed by atoms with Crippen molar-refractivity contribution < 1.29 is 4.79 Å². The second kappa shape index (κ2) is 8.81. The number of anilines is 1. The molecule has 0 aliphatic carbocycles. The fourth-order valence-corrected chi connectivity index (χ4v) is 5.91. The summed E-state index contributed by atoms with van der Waals surface area (Å²) in [5, 5.41) is 3.07. The number of hydrogen-bond donors (Lipinski definition) is 1. The van der Waals surface area contributed by atoms with E-state index in [9.17, 15) is 4.79 Å². The van der Waals surface area contributed by atoms with Crippen molar-refractivity contribution in [1.82, 2.24) is 0 Å². The van der Waals surface area contributed by atoms with Crippen LogP contribution in [-0.2, 0) is 11.2 Å². The molecule has 0 aromatic heterocycles. The molecule has 1 fully saturated rings. The van der Waals surface area contributed by atoms with Gasteiger partial charge in [-0.2, -0.15) is 0 Å². The van der Waals surface area contributed by atoms with E-state index in [0.29, 0.717) is 11.0 Å². The third kappa shape index (κ3) is 5.29. The lowest BCUT2D eigenvalue weighted by Crippen LogP contribution is -2.13. The smallest absolute Gasteiger partial charge is 0.224 e. The highest BCUT2D eigenvalue weighted by Gasteiger charge is 2.17.